The Balaban J connectivity index is 2.07. The average Bonchev–Trinajstić information content (AvgIpc) is 2.57. The van der Waals surface area contributed by atoms with E-state index in [1.807, 2.05) is 18.2 Å². The topological polar surface area (TPSA) is 23.8 Å². The van der Waals surface area contributed by atoms with Crippen molar-refractivity contribution >= 4 is 23.8 Å². The number of nitriles is 1. The van der Waals surface area contributed by atoms with E-state index in [1.165, 1.54) is 22.3 Å². The second kappa shape index (κ2) is 4.91. The van der Waals surface area contributed by atoms with Gasteiger partial charge in [-0.25, -0.2) is 0 Å². The molecule has 0 aliphatic heterocycles. The smallest absolute Gasteiger partial charge is 0.0669 e. The summed E-state index contributed by atoms with van der Waals surface area (Å²) in [7, 11) is 0. The first-order valence-corrected chi connectivity index (χ1v) is 6.59. The van der Waals surface area contributed by atoms with E-state index in [9.17, 15) is 0 Å². The molecular weight excluding hydrogens is 254 g/mol. The second-order valence-corrected chi connectivity index (χ2v) is 5.16. The van der Waals surface area contributed by atoms with Crippen molar-refractivity contribution < 1.29 is 0 Å². The van der Waals surface area contributed by atoms with Crippen molar-refractivity contribution in [3.05, 3.63) is 69.2 Å². The number of nitrogens with zero attached hydrogens (tertiary/aromatic N) is 1. The molecule has 1 aliphatic carbocycles. The molecule has 0 spiro atoms. The summed E-state index contributed by atoms with van der Waals surface area (Å²) in [5.41, 5.74) is 5.99. The van der Waals surface area contributed by atoms with Crippen molar-refractivity contribution in [1.29, 1.82) is 5.26 Å². The van der Waals surface area contributed by atoms with Crippen LogP contribution >= 0.6 is 11.6 Å². The molecule has 0 N–H and O–H groups in total. The molecule has 92 valence electrons. The fraction of sp³-hybridized carbons (Fsp3) is 0.118. The Bertz CT molecular complexity index is 708. The van der Waals surface area contributed by atoms with Gasteiger partial charge in [-0.2, -0.15) is 5.26 Å². The molecule has 0 radical (unpaired) electrons. The Hall–Kier alpha value is -2.04. The van der Waals surface area contributed by atoms with Gasteiger partial charge in [0.1, 0.15) is 0 Å². The van der Waals surface area contributed by atoms with E-state index >= 15 is 0 Å². The molecule has 1 aliphatic rings. The van der Waals surface area contributed by atoms with Gasteiger partial charge in [0.2, 0.25) is 0 Å². The third-order valence-corrected chi connectivity index (χ3v) is 3.66. The van der Waals surface area contributed by atoms with Crippen LogP contribution in [-0.2, 0) is 12.8 Å². The number of hydrogen-bond donors (Lipinski definition) is 0. The maximum absolute atomic E-state index is 8.77. The van der Waals surface area contributed by atoms with E-state index in [-0.39, 0.29) is 0 Å². The summed E-state index contributed by atoms with van der Waals surface area (Å²) in [5.74, 6) is 0. The first-order chi connectivity index (χ1) is 9.26. The predicted octanol–water partition coefficient (Wildman–Crippen LogP) is 4.48. The maximum atomic E-state index is 8.77. The van der Waals surface area contributed by atoms with Crippen LogP contribution in [0.25, 0.3) is 12.2 Å². The standard InChI is InChI=1S/C17H12ClN/c18-17-6-5-13-3-4-14-9-12(7-8-19)1-2-15(14)10-16(13)11-17/h1-6,9,11H,7,10H2. The maximum Gasteiger partial charge on any atom is 0.0669 e. The van der Waals surface area contributed by atoms with Crippen LogP contribution < -0.4 is 0 Å². The summed E-state index contributed by atoms with van der Waals surface area (Å²) in [6.07, 6.45) is 5.58. The molecule has 0 heterocycles. The van der Waals surface area contributed by atoms with E-state index < -0.39 is 0 Å². The highest BCUT2D eigenvalue weighted by molar-refractivity contribution is 6.30. The number of hydrogen-bond acceptors (Lipinski definition) is 1. The Morgan fingerprint density at radius 2 is 1.84 bits per heavy atom. The lowest BCUT2D eigenvalue weighted by molar-refractivity contribution is 1.16. The van der Waals surface area contributed by atoms with Gasteiger partial charge in [-0.3, -0.25) is 0 Å². The Morgan fingerprint density at radius 3 is 2.68 bits per heavy atom. The van der Waals surface area contributed by atoms with Crippen LogP contribution in [0.4, 0.5) is 0 Å². The van der Waals surface area contributed by atoms with E-state index in [0.717, 1.165) is 17.0 Å². The zero-order valence-corrected chi connectivity index (χ0v) is 11.1. The fourth-order valence-electron chi connectivity index (χ4n) is 2.44. The number of fused-ring (bicyclic) bond motifs is 2. The van der Waals surface area contributed by atoms with Crippen LogP contribution in [0.5, 0.6) is 0 Å². The molecule has 0 fully saturated rings. The summed E-state index contributed by atoms with van der Waals surface area (Å²) >= 11 is 6.06. The van der Waals surface area contributed by atoms with Crippen molar-refractivity contribution in [2.45, 2.75) is 12.8 Å². The normalized spacial score (nSPS) is 12.2. The van der Waals surface area contributed by atoms with Crippen molar-refractivity contribution in [2.75, 3.05) is 0 Å². The molecular formula is C17H12ClN. The lowest BCUT2D eigenvalue weighted by atomic mass is 9.98. The average molecular weight is 266 g/mol. The first kappa shape index (κ1) is 12.0. The lowest BCUT2D eigenvalue weighted by Crippen LogP contribution is -1.93. The van der Waals surface area contributed by atoms with Crippen LogP contribution in [0.3, 0.4) is 0 Å². The zero-order valence-electron chi connectivity index (χ0n) is 10.4. The summed E-state index contributed by atoms with van der Waals surface area (Å²) in [6, 6.07) is 14.4. The van der Waals surface area contributed by atoms with Gasteiger partial charge >= 0.3 is 0 Å². The highest BCUT2D eigenvalue weighted by Gasteiger charge is 2.10. The minimum Gasteiger partial charge on any atom is -0.198 e. The van der Waals surface area contributed by atoms with Crippen LogP contribution in [-0.4, -0.2) is 0 Å². The molecule has 2 aromatic carbocycles. The third kappa shape index (κ3) is 2.41. The summed E-state index contributed by atoms with van der Waals surface area (Å²) < 4.78 is 0. The molecule has 0 atom stereocenters. The SMILES string of the molecule is N#CCc1ccc2c(c1)C=Cc1ccc(Cl)cc1C2. The van der Waals surface area contributed by atoms with Gasteiger partial charge in [-0.05, 0) is 46.4 Å². The van der Waals surface area contributed by atoms with Gasteiger partial charge < -0.3 is 0 Å². The van der Waals surface area contributed by atoms with Gasteiger partial charge in [-0.15, -0.1) is 0 Å². The molecule has 0 amide bonds. The van der Waals surface area contributed by atoms with Crippen LogP contribution in [0, 0.1) is 11.3 Å². The molecule has 0 saturated heterocycles. The minimum atomic E-state index is 0.458. The van der Waals surface area contributed by atoms with Crippen molar-refractivity contribution in [3.8, 4) is 6.07 Å². The highest BCUT2D eigenvalue weighted by Crippen LogP contribution is 2.27. The molecule has 0 bridgehead atoms. The quantitative estimate of drug-likeness (QED) is 0.636. The molecule has 0 unspecified atom stereocenters. The third-order valence-electron chi connectivity index (χ3n) is 3.42. The van der Waals surface area contributed by atoms with E-state index in [2.05, 4.69) is 36.4 Å². The van der Waals surface area contributed by atoms with Gasteiger partial charge in [-0.1, -0.05) is 48.0 Å². The Kier molecular flexibility index (Phi) is 3.11. The molecule has 1 nitrogen and oxygen atoms in total. The van der Waals surface area contributed by atoms with Gasteiger partial charge in [0.15, 0.2) is 0 Å². The Morgan fingerprint density at radius 1 is 1.00 bits per heavy atom. The summed E-state index contributed by atoms with van der Waals surface area (Å²) in [6.45, 7) is 0. The largest absolute Gasteiger partial charge is 0.198 e. The number of halogens is 1. The van der Waals surface area contributed by atoms with Crippen molar-refractivity contribution in [1.82, 2.24) is 0 Å². The summed E-state index contributed by atoms with van der Waals surface area (Å²) in [5, 5.41) is 9.54. The minimum absolute atomic E-state index is 0.458. The molecule has 3 rings (SSSR count). The van der Waals surface area contributed by atoms with E-state index in [1.54, 1.807) is 0 Å². The van der Waals surface area contributed by atoms with E-state index in [0.29, 0.717) is 6.42 Å². The molecule has 0 saturated carbocycles. The zero-order chi connectivity index (χ0) is 13.2. The molecule has 2 heteroatoms. The van der Waals surface area contributed by atoms with Crippen molar-refractivity contribution in [2.24, 2.45) is 0 Å². The van der Waals surface area contributed by atoms with Crippen LogP contribution in [0.2, 0.25) is 5.02 Å². The van der Waals surface area contributed by atoms with Gasteiger partial charge in [0, 0.05) is 5.02 Å². The predicted molar refractivity (Wildman–Crippen MR) is 78.9 cm³/mol. The van der Waals surface area contributed by atoms with Gasteiger partial charge in [0.05, 0.1) is 12.5 Å². The van der Waals surface area contributed by atoms with Crippen LogP contribution in [0.15, 0.2) is 36.4 Å². The van der Waals surface area contributed by atoms with Gasteiger partial charge in [0.25, 0.3) is 0 Å². The Labute approximate surface area is 117 Å². The van der Waals surface area contributed by atoms with Crippen LogP contribution in [0.1, 0.15) is 27.8 Å². The molecule has 19 heavy (non-hydrogen) atoms. The molecule has 2 aromatic rings. The molecule has 0 aromatic heterocycles. The highest BCUT2D eigenvalue weighted by atomic mass is 35.5. The summed E-state index contributed by atoms with van der Waals surface area (Å²) in [4.78, 5) is 0. The lowest BCUT2D eigenvalue weighted by Gasteiger charge is -2.07. The second-order valence-electron chi connectivity index (χ2n) is 4.72. The number of benzene rings is 2. The first-order valence-electron chi connectivity index (χ1n) is 6.21. The monoisotopic (exact) mass is 265 g/mol. The van der Waals surface area contributed by atoms with E-state index in [4.69, 9.17) is 16.9 Å². The van der Waals surface area contributed by atoms with Crippen molar-refractivity contribution in [3.63, 3.8) is 0 Å². The fourth-order valence-corrected chi connectivity index (χ4v) is 2.63. The number of rotatable bonds is 1.